The number of benzene rings is 2. The quantitative estimate of drug-likeness (QED) is 0.526. The van der Waals surface area contributed by atoms with Gasteiger partial charge < -0.3 is 19.5 Å². The average Bonchev–Trinajstić information content (AvgIpc) is 3.24. The molecule has 142 valence electrons. The summed E-state index contributed by atoms with van der Waals surface area (Å²) in [4.78, 5) is 20.7. The molecule has 5 rings (SSSR count). The van der Waals surface area contributed by atoms with Crippen LogP contribution in [0, 0.1) is 0 Å². The number of carbonyl (C=O) groups excluding carboxylic acids is 1. The summed E-state index contributed by atoms with van der Waals surface area (Å²) in [5.74, 6) is 2.11. The van der Waals surface area contributed by atoms with Crippen molar-refractivity contribution in [2.45, 2.75) is 6.92 Å². The molecule has 0 amide bonds. The maximum absolute atomic E-state index is 11.7. The van der Waals surface area contributed by atoms with Gasteiger partial charge in [0.15, 0.2) is 11.5 Å². The van der Waals surface area contributed by atoms with Crippen LogP contribution in [0.25, 0.3) is 16.8 Å². The molecular formula is C19H17N5O4. The van der Waals surface area contributed by atoms with Crippen molar-refractivity contribution in [3.05, 3.63) is 42.0 Å². The second-order valence-electron chi connectivity index (χ2n) is 6.23. The highest BCUT2D eigenvalue weighted by Crippen LogP contribution is 2.34. The summed E-state index contributed by atoms with van der Waals surface area (Å²) in [5.41, 5.74) is 2.90. The number of aromatic amines is 1. The first kappa shape index (κ1) is 16.4. The molecule has 28 heavy (non-hydrogen) atoms. The van der Waals surface area contributed by atoms with Crippen LogP contribution in [-0.2, 0) is 4.74 Å². The van der Waals surface area contributed by atoms with Crippen molar-refractivity contribution in [1.29, 1.82) is 0 Å². The first-order chi connectivity index (χ1) is 13.7. The molecule has 0 unspecified atom stereocenters. The fourth-order valence-electron chi connectivity index (χ4n) is 3.11. The van der Waals surface area contributed by atoms with E-state index in [4.69, 9.17) is 14.2 Å². The molecule has 2 N–H and O–H groups in total. The lowest BCUT2D eigenvalue weighted by atomic mass is 10.2. The summed E-state index contributed by atoms with van der Waals surface area (Å²) in [6.45, 7) is 3.18. The monoisotopic (exact) mass is 379 g/mol. The molecular weight excluding hydrogens is 362 g/mol. The van der Waals surface area contributed by atoms with Gasteiger partial charge in [-0.3, -0.25) is 5.10 Å². The smallest absolute Gasteiger partial charge is 0.338 e. The number of ether oxygens (including phenoxy) is 3. The lowest BCUT2D eigenvalue weighted by molar-refractivity contribution is 0.0526. The number of H-pyrrole nitrogens is 1. The number of nitrogens with one attached hydrogen (secondary N) is 2. The Balaban J connectivity index is 1.43. The highest BCUT2D eigenvalue weighted by Gasteiger charge is 2.17. The highest BCUT2D eigenvalue weighted by atomic mass is 16.6. The van der Waals surface area contributed by atoms with Crippen LogP contribution in [0.1, 0.15) is 17.3 Å². The molecule has 9 heteroatoms. The van der Waals surface area contributed by atoms with Crippen molar-refractivity contribution in [3.8, 4) is 11.5 Å². The number of hydrogen-bond donors (Lipinski definition) is 2. The van der Waals surface area contributed by atoms with Gasteiger partial charge in [-0.05, 0) is 31.2 Å². The van der Waals surface area contributed by atoms with Crippen LogP contribution in [0.2, 0.25) is 0 Å². The SMILES string of the molecule is CCOC(=O)c1ccc(Nc2nc3nc4cc5c(cc4n3[nH]2)OCCO5)cc1. The minimum absolute atomic E-state index is 0.341. The van der Waals surface area contributed by atoms with E-state index in [9.17, 15) is 4.79 Å². The summed E-state index contributed by atoms with van der Waals surface area (Å²) < 4.78 is 18.0. The Morgan fingerprint density at radius 3 is 2.68 bits per heavy atom. The third-order valence-electron chi connectivity index (χ3n) is 4.39. The predicted molar refractivity (Wildman–Crippen MR) is 102 cm³/mol. The van der Waals surface area contributed by atoms with E-state index in [2.05, 4.69) is 20.4 Å². The third kappa shape index (κ3) is 2.77. The summed E-state index contributed by atoms with van der Waals surface area (Å²) in [6, 6.07) is 10.7. The van der Waals surface area contributed by atoms with Crippen LogP contribution in [0.5, 0.6) is 11.5 Å². The number of hydrogen-bond acceptors (Lipinski definition) is 7. The van der Waals surface area contributed by atoms with Crippen LogP contribution in [-0.4, -0.2) is 45.4 Å². The van der Waals surface area contributed by atoms with E-state index in [0.717, 1.165) is 16.7 Å². The normalized spacial score (nSPS) is 13.0. The van der Waals surface area contributed by atoms with E-state index >= 15 is 0 Å². The number of esters is 1. The molecule has 4 aromatic rings. The molecule has 0 spiro atoms. The highest BCUT2D eigenvalue weighted by molar-refractivity contribution is 5.90. The van der Waals surface area contributed by atoms with Crippen LogP contribution >= 0.6 is 0 Å². The number of anilines is 2. The summed E-state index contributed by atoms with van der Waals surface area (Å²) in [6.07, 6.45) is 0. The zero-order chi connectivity index (χ0) is 19.1. The van der Waals surface area contributed by atoms with E-state index in [1.54, 1.807) is 35.7 Å². The van der Waals surface area contributed by atoms with Gasteiger partial charge in [-0.2, -0.15) is 4.98 Å². The second-order valence-corrected chi connectivity index (χ2v) is 6.23. The second kappa shape index (κ2) is 6.45. The molecule has 1 aliphatic rings. The van der Waals surface area contributed by atoms with Crippen molar-refractivity contribution < 1.29 is 19.0 Å². The minimum Gasteiger partial charge on any atom is -0.486 e. The molecule has 2 aromatic heterocycles. The lowest BCUT2D eigenvalue weighted by Gasteiger charge is -2.17. The maximum atomic E-state index is 11.7. The molecule has 0 saturated heterocycles. The Morgan fingerprint density at radius 2 is 1.93 bits per heavy atom. The summed E-state index contributed by atoms with van der Waals surface area (Å²) in [7, 11) is 0. The van der Waals surface area contributed by atoms with E-state index in [1.165, 1.54) is 0 Å². The van der Waals surface area contributed by atoms with E-state index in [-0.39, 0.29) is 5.97 Å². The van der Waals surface area contributed by atoms with E-state index in [0.29, 0.717) is 48.6 Å². The molecule has 0 aliphatic carbocycles. The number of nitrogens with zero attached hydrogens (tertiary/aromatic N) is 3. The average molecular weight is 379 g/mol. The van der Waals surface area contributed by atoms with Gasteiger partial charge in [-0.15, -0.1) is 0 Å². The molecule has 0 atom stereocenters. The molecule has 9 nitrogen and oxygen atoms in total. The number of rotatable bonds is 4. The van der Waals surface area contributed by atoms with Gasteiger partial charge in [-0.25, -0.2) is 14.3 Å². The van der Waals surface area contributed by atoms with Crippen LogP contribution in [0.15, 0.2) is 36.4 Å². The minimum atomic E-state index is -0.341. The van der Waals surface area contributed by atoms with Gasteiger partial charge in [0.25, 0.3) is 5.78 Å². The fraction of sp³-hybridized carbons (Fsp3) is 0.211. The molecule has 0 bridgehead atoms. The summed E-state index contributed by atoms with van der Waals surface area (Å²) >= 11 is 0. The first-order valence-electron chi connectivity index (χ1n) is 8.93. The van der Waals surface area contributed by atoms with Gasteiger partial charge >= 0.3 is 5.97 Å². The first-order valence-corrected chi connectivity index (χ1v) is 8.93. The standard InChI is InChI=1S/C19H17N5O4/c1-2-26-17(25)11-3-5-12(6-4-11)20-18-22-19-21-13-9-15-16(28-8-7-27-15)10-14(13)24(19)23-18/h3-6,9-10H,2,7-8H2,1H3,(H2,20,21,22,23). The number of carbonyl (C=O) groups is 1. The van der Waals surface area contributed by atoms with Crippen molar-refractivity contribution in [3.63, 3.8) is 0 Å². The van der Waals surface area contributed by atoms with Gasteiger partial charge in [0.2, 0.25) is 5.95 Å². The Hall–Kier alpha value is -3.75. The predicted octanol–water partition coefficient (Wildman–Crippen LogP) is 2.90. The molecule has 3 heterocycles. The van der Waals surface area contributed by atoms with Crippen molar-refractivity contribution in [2.75, 3.05) is 25.1 Å². The van der Waals surface area contributed by atoms with Gasteiger partial charge in [0.05, 0.1) is 23.2 Å². The van der Waals surface area contributed by atoms with E-state index in [1.807, 2.05) is 12.1 Å². The third-order valence-corrected chi connectivity index (χ3v) is 4.39. The Bertz CT molecular complexity index is 1180. The van der Waals surface area contributed by atoms with Crippen LogP contribution in [0.4, 0.5) is 11.6 Å². The molecule has 0 saturated carbocycles. The van der Waals surface area contributed by atoms with E-state index < -0.39 is 0 Å². The Morgan fingerprint density at radius 1 is 1.18 bits per heavy atom. The lowest BCUT2D eigenvalue weighted by Crippen LogP contribution is -2.15. The summed E-state index contributed by atoms with van der Waals surface area (Å²) in [5, 5.41) is 6.34. The van der Waals surface area contributed by atoms with Crippen LogP contribution in [0.3, 0.4) is 0 Å². The van der Waals surface area contributed by atoms with Crippen LogP contribution < -0.4 is 14.8 Å². The zero-order valence-corrected chi connectivity index (χ0v) is 15.1. The number of aromatic nitrogens is 4. The molecule has 2 aromatic carbocycles. The molecule has 0 radical (unpaired) electrons. The van der Waals surface area contributed by atoms with Crippen molar-refractivity contribution >= 4 is 34.4 Å². The molecule has 0 fully saturated rings. The topological polar surface area (TPSA) is 103 Å². The van der Waals surface area contributed by atoms with Crippen molar-refractivity contribution in [1.82, 2.24) is 19.6 Å². The fourth-order valence-corrected chi connectivity index (χ4v) is 3.11. The largest absolute Gasteiger partial charge is 0.486 e. The molecule has 1 aliphatic heterocycles. The van der Waals surface area contributed by atoms with Gasteiger partial charge in [0.1, 0.15) is 13.2 Å². The maximum Gasteiger partial charge on any atom is 0.338 e. The number of fused-ring (bicyclic) bond motifs is 4. The Kier molecular flexibility index (Phi) is 3.78. The zero-order valence-electron chi connectivity index (χ0n) is 15.1. The Labute approximate surface area is 159 Å². The van der Waals surface area contributed by atoms with Crippen molar-refractivity contribution in [2.24, 2.45) is 0 Å². The van der Waals surface area contributed by atoms with Gasteiger partial charge in [0, 0.05) is 17.8 Å². The number of imidazole rings is 1. The van der Waals surface area contributed by atoms with Gasteiger partial charge in [-0.1, -0.05) is 0 Å².